The lowest BCUT2D eigenvalue weighted by molar-refractivity contribution is 0.281. The van der Waals surface area contributed by atoms with Crippen molar-refractivity contribution >= 4 is 23.0 Å². The first kappa shape index (κ1) is 15.1. The summed E-state index contributed by atoms with van der Waals surface area (Å²) in [5, 5.41) is 4.12. The highest BCUT2D eigenvalue weighted by Crippen LogP contribution is 2.22. The zero-order valence-electron chi connectivity index (χ0n) is 12.4. The molecular formula is C16H24N2OS. The van der Waals surface area contributed by atoms with Gasteiger partial charge >= 0.3 is 0 Å². The lowest BCUT2D eigenvalue weighted by Crippen LogP contribution is -2.40. The zero-order valence-corrected chi connectivity index (χ0v) is 13.2. The van der Waals surface area contributed by atoms with Crippen LogP contribution in [0.25, 0.3) is 0 Å². The first-order valence-corrected chi connectivity index (χ1v) is 7.88. The number of nitrogens with zero attached hydrogens (tertiary/aromatic N) is 1. The minimum atomic E-state index is 0.589. The number of nitrogens with one attached hydrogen (secondary N) is 1. The first-order valence-electron chi connectivity index (χ1n) is 7.47. The summed E-state index contributed by atoms with van der Waals surface area (Å²) >= 11 is 5.51. The molecule has 1 saturated carbocycles. The number of benzene rings is 1. The van der Waals surface area contributed by atoms with Crippen molar-refractivity contribution in [2.24, 2.45) is 0 Å². The van der Waals surface area contributed by atoms with Crippen LogP contribution in [0.2, 0.25) is 0 Å². The molecule has 1 aromatic rings. The number of anilines is 1. The highest BCUT2D eigenvalue weighted by Gasteiger charge is 2.19. The molecule has 0 saturated heterocycles. The predicted molar refractivity (Wildman–Crippen MR) is 88.5 cm³/mol. The summed E-state index contributed by atoms with van der Waals surface area (Å²) in [4.78, 5) is 2.21. The monoisotopic (exact) mass is 292 g/mol. The van der Waals surface area contributed by atoms with Crippen molar-refractivity contribution in [3.63, 3.8) is 0 Å². The molecule has 0 aliphatic heterocycles. The molecule has 0 amide bonds. The molecule has 0 radical (unpaired) electrons. The molecule has 0 aromatic heterocycles. The summed E-state index contributed by atoms with van der Waals surface area (Å²) in [5.41, 5.74) is 1.01. The fourth-order valence-corrected chi connectivity index (χ4v) is 2.91. The van der Waals surface area contributed by atoms with Gasteiger partial charge in [-0.15, -0.1) is 0 Å². The van der Waals surface area contributed by atoms with Crippen molar-refractivity contribution in [3.05, 3.63) is 24.3 Å². The van der Waals surface area contributed by atoms with Gasteiger partial charge in [-0.05, 0) is 56.2 Å². The van der Waals surface area contributed by atoms with E-state index in [1.54, 1.807) is 0 Å². The van der Waals surface area contributed by atoms with E-state index in [1.165, 1.54) is 32.1 Å². The van der Waals surface area contributed by atoms with E-state index < -0.39 is 0 Å². The molecule has 1 aromatic carbocycles. The fourth-order valence-electron chi connectivity index (χ4n) is 2.65. The highest BCUT2D eigenvalue weighted by atomic mass is 32.1. The van der Waals surface area contributed by atoms with E-state index >= 15 is 0 Å². The van der Waals surface area contributed by atoms with E-state index in [2.05, 4.69) is 17.3 Å². The maximum Gasteiger partial charge on any atom is 0.173 e. The molecule has 2 rings (SSSR count). The predicted octanol–water partition coefficient (Wildman–Crippen LogP) is 4.05. The van der Waals surface area contributed by atoms with Crippen molar-refractivity contribution in [3.8, 4) is 5.75 Å². The third kappa shape index (κ3) is 4.10. The summed E-state index contributed by atoms with van der Waals surface area (Å²) < 4.78 is 5.44. The molecule has 0 atom stereocenters. The Kier molecular flexibility index (Phi) is 5.65. The third-order valence-electron chi connectivity index (χ3n) is 3.86. The van der Waals surface area contributed by atoms with Gasteiger partial charge in [0.05, 0.1) is 6.61 Å². The van der Waals surface area contributed by atoms with E-state index in [0.717, 1.165) is 16.5 Å². The summed E-state index contributed by atoms with van der Waals surface area (Å²) in [6.45, 7) is 2.68. The number of rotatable bonds is 4. The molecule has 110 valence electrons. The van der Waals surface area contributed by atoms with E-state index in [1.807, 2.05) is 31.2 Å². The summed E-state index contributed by atoms with van der Waals surface area (Å²) in [7, 11) is 2.10. The Bertz CT molecular complexity index is 427. The average Bonchev–Trinajstić information content (AvgIpc) is 2.49. The molecule has 0 bridgehead atoms. The Labute approximate surface area is 127 Å². The third-order valence-corrected chi connectivity index (χ3v) is 4.25. The van der Waals surface area contributed by atoms with E-state index in [-0.39, 0.29) is 0 Å². The van der Waals surface area contributed by atoms with Crippen LogP contribution in [0.3, 0.4) is 0 Å². The Hall–Kier alpha value is -1.29. The van der Waals surface area contributed by atoms with Gasteiger partial charge in [-0.3, -0.25) is 0 Å². The van der Waals surface area contributed by atoms with Crippen molar-refractivity contribution in [1.82, 2.24) is 4.90 Å². The average molecular weight is 292 g/mol. The molecule has 1 N–H and O–H groups in total. The second-order valence-electron chi connectivity index (χ2n) is 5.29. The molecule has 1 aliphatic rings. The van der Waals surface area contributed by atoms with Crippen molar-refractivity contribution in [2.45, 2.75) is 45.1 Å². The first-order chi connectivity index (χ1) is 9.70. The molecule has 1 fully saturated rings. The lowest BCUT2D eigenvalue weighted by Gasteiger charge is -2.33. The fraction of sp³-hybridized carbons (Fsp3) is 0.562. The van der Waals surface area contributed by atoms with Crippen molar-refractivity contribution < 1.29 is 4.74 Å². The Morgan fingerprint density at radius 3 is 2.50 bits per heavy atom. The van der Waals surface area contributed by atoms with Crippen molar-refractivity contribution in [1.29, 1.82) is 0 Å². The van der Waals surface area contributed by atoms with Crippen LogP contribution in [0.15, 0.2) is 24.3 Å². The number of ether oxygens (including phenoxy) is 1. The molecule has 0 spiro atoms. The van der Waals surface area contributed by atoms with Crippen LogP contribution >= 0.6 is 12.2 Å². The molecule has 20 heavy (non-hydrogen) atoms. The second kappa shape index (κ2) is 7.48. The SMILES string of the molecule is CCOc1ccc(NC(=S)N(C)C2CCCCC2)cc1. The van der Waals surface area contributed by atoms with E-state index in [9.17, 15) is 0 Å². The molecule has 4 heteroatoms. The Morgan fingerprint density at radius 2 is 1.90 bits per heavy atom. The highest BCUT2D eigenvalue weighted by molar-refractivity contribution is 7.80. The minimum Gasteiger partial charge on any atom is -0.494 e. The van der Waals surface area contributed by atoms with Crippen LogP contribution in [0.5, 0.6) is 5.75 Å². The smallest absolute Gasteiger partial charge is 0.173 e. The van der Waals surface area contributed by atoms with Crippen LogP contribution in [0, 0.1) is 0 Å². The van der Waals surface area contributed by atoms with Crippen molar-refractivity contribution in [2.75, 3.05) is 19.0 Å². The largest absolute Gasteiger partial charge is 0.494 e. The standard InChI is InChI=1S/C16H24N2OS/c1-3-19-15-11-9-13(10-12-15)17-16(20)18(2)14-7-5-4-6-8-14/h9-12,14H,3-8H2,1-2H3,(H,17,20). The molecular weight excluding hydrogens is 268 g/mol. The number of hydrogen-bond acceptors (Lipinski definition) is 2. The summed E-state index contributed by atoms with van der Waals surface area (Å²) in [6.07, 6.45) is 6.51. The lowest BCUT2D eigenvalue weighted by atomic mass is 9.95. The van der Waals surface area contributed by atoms with Gasteiger partial charge in [0.15, 0.2) is 5.11 Å². The number of thiocarbonyl (C=S) groups is 1. The number of hydrogen-bond donors (Lipinski definition) is 1. The second-order valence-corrected chi connectivity index (χ2v) is 5.68. The summed E-state index contributed by atoms with van der Waals surface area (Å²) in [5.74, 6) is 0.893. The van der Waals surface area contributed by atoms with Gasteiger partial charge in [-0.25, -0.2) is 0 Å². The van der Waals surface area contributed by atoms with Crippen LogP contribution in [-0.2, 0) is 0 Å². The van der Waals surface area contributed by atoms with Gasteiger partial charge in [0.25, 0.3) is 0 Å². The van der Waals surface area contributed by atoms with Crippen LogP contribution in [-0.4, -0.2) is 29.7 Å². The Balaban J connectivity index is 1.89. The molecule has 1 aliphatic carbocycles. The minimum absolute atomic E-state index is 0.589. The summed E-state index contributed by atoms with van der Waals surface area (Å²) in [6, 6.07) is 8.54. The van der Waals surface area contributed by atoms with Gasteiger partial charge in [0, 0.05) is 18.8 Å². The Morgan fingerprint density at radius 1 is 1.25 bits per heavy atom. The topological polar surface area (TPSA) is 24.5 Å². The maximum absolute atomic E-state index is 5.51. The van der Waals surface area contributed by atoms with Crippen LogP contribution in [0.4, 0.5) is 5.69 Å². The molecule has 0 heterocycles. The van der Waals surface area contributed by atoms with Crippen LogP contribution < -0.4 is 10.1 Å². The molecule has 0 unspecified atom stereocenters. The van der Waals surface area contributed by atoms with E-state index in [4.69, 9.17) is 17.0 Å². The normalized spacial score (nSPS) is 15.7. The quantitative estimate of drug-likeness (QED) is 0.846. The van der Waals surface area contributed by atoms with Gasteiger partial charge in [0.1, 0.15) is 5.75 Å². The zero-order chi connectivity index (χ0) is 14.4. The van der Waals surface area contributed by atoms with E-state index in [0.29, 0.717) is 12.6 Å². The van der Waals surface area contributed by atoms with Gasteiger partial charge in [0.2, 0.25) is 0 Å². The van der Waals surface area contributed by atoms with Gasteiger partial charge in [-0.1, -0.05) is 19.3 Å². The van der Waals surface area contributed by atoms with Gasteiger partial charge < -0.3 is 15.0 Å². The van der Waals surface area contributed by atoms with Crippen LogP contribution in [0.1, 0.15) is 39.0 Å². The van der Waals surface area contributed by atoms with Gasteiger partial charge in [-0.2, -0.15) is 0 Å². The molecule has 3 nitrogen and oxygen atoms in total. The maximum atomic E-state index is 5.51.